The van der Waals surface area contributed by atoms with Gasteiger partial charge in [0.2, 0.25) is 0 Å². The summed E-state index contributed by atoms with van der Waals surface area (Å²) in [5, 5.41) is 3.49. The second kappa shape index (κ2) is 6.23. The third kappa shape index (κ3) is 3.11. The molecule has 0 spiro atoms. The van der Waals surface area contributed by atoms with Crippen molar-refractivity contribution in [1.29, 1.82) is 0 Å². The molecule has 102 valence electrons. The second-order valence-corrected chi connectivity index (χ2v) is 6.30. The van der Waals surface area contributed by atoms with Crippen LogP contribution in [0.2, 0.25) is 9.36 Å². The molecule has 0 aliphatic rings. The summed E-state index contributed by atoms with van der Waals surface area (Å²) in [5.74, 6) is -0.401. The first-order chi connectivity index (χ1) is 9.04. The van der Waals surface area contributed by atoms with Crippen LogP contribution in [0.1, 0.15) is 29.0 Å². The molecule has 0 aliphatic heterocycles. The molecule has 1 atom stereocenters. The lowest BCUT2D eigenvalue weighted by Crippen LogP contribution is -2.21. The van der Waals surface area contributed by atoms with E-state index in [1.165, 1.54) is 17.4 Å². The van der Waals surface area contributed by atoms with Gasteiger partial charge in [-0.3, -0.25) is 0 Å². The van der Waals surface area contributed by atoms with Crippen LogP contribution in [0.5, 0.6) is 0 Å². The van der Waals surface area contributed by atoms with Crippen LogP contribution in [0.4, 0.5) is 4.39 Å². The highest BCUT2D eigenvalue weighted by Crippen LogP contribution is 2.36. The quantitative estimate of drug-likeness (QED) is 0.817. The zero-order chi connectivity index (χ0) is 14.0. The van der Waals surface area contributed by atoms with Crippen molar-refractivity contribution < 1.29 is 4.39 Å². The average Bonchev–Trinajstić information content (AvgIpc) is 2.70. The molecule has 5 heteroatoms. The Hall–Kier alpha value is -0.610. The van der Waals surface area contributed by atoms with Gasteiger partial charge in [-0.1, -0.05) is 42.3 Å². The highest BCUT2D eigenvalue weighted by atomic mass is 35.5. The first kappa shape index (κ1) is 14.8. The Morgan fingerprint density at radius 3 is 2.68 bits per heavy atom. The summed E-state index contributed by atoms with van der Waals surface area (Å²) in [5.41, 5.74) is 1.76. The van der Waals surface area contributed by atoms with Gasteiger partial charge in [0.05, 0.1) is 15.4 Å². The molecule has 1 aromatic carbocycles. The fourth-order valence-electron chi connectivity index (χ4n) is 1.94. The van der Waals surface area contributed by atoms with E-state index in [0.29, 0.717) is 0 Å². The number of thiophene rings is 1. The van der Waals surface area contributed by atoms with Crippen LogP contribution in [0.25, 0.3) is 0 Å². The summed E-state index contributed by atoms with van der Waals surface area (Å²) in [6, 6.07) is 6.75. The zero-order valence-corrected chi connectivity index (χ0v) is 13.0. The maximum atomic E-state index is 13.6. The third-order valence-electron chi connectivity index (χ3n) is 2.86. The van der Waals surface area contributed by atoms with Gasteiger partial charge < -0.3 is 5.32 Å². The first-order valence-corrected chi connectivity index (χ1v) is 7.55. The first-order valence-electron chi connectivity index (χ1n) is 5.97. The summed E-state index contributed by atoms with van der Waals surface area (Å²) in [6.07, 6.45) is 0. The Kier molecular flexibility index (Phi) is 4.85. The molecule has 19 heavy (non-hydrogen) atoms. The number of nitrogens with one attached hydrogen (secondary N) is 1. The van der Waals surface area contributed by atoms with E-state index < -0.39 is 5.82 Å². The van der Waals surface area contributed by atoms with Crippen LogP contribution in [0, 0.1) is 12.7 Å². The molecule has 0 bridgehead atoms. The molecular weight excluding hydrogens is 304 g/mol. The summed E-state index contributed by atoms with van der Waals surface area (Å²) in [4.78, 5) is 1.04. The third-order valence-corrected chi connectivity index (χ3v) is 4.88. The van der Waals surface area contributed by atoms with Gasteiger partial charge in [0, 0.05) is 4.88 Å². The van der Waals surface area contributed by atoms with Gasteiger partial charge in [0.1, 0.15) is 5.82 Å². The Morgan fingerprint density at radius 2 is 2.11 bits per heavy atom. The molecule has 0 amide bonds. The molecule has 1 aromatic heterocycles. The molecule has 0 saturated carbocycles. The predicted molar refractivity (Wildman–Crippen MR) is 81.0 cm³/mol. The molecule has 0 saturated heterocycles. The molecule has 1 N–H and O–H groups in total. The fourth-order valence-corrected chi connectivity index (χ4v) is 3.48. The van der Waals surface area contributed by atoms with E-state index in [-0.39, 0.29) is 11.1 Å². The molecular formula is C14H14Cl2FNS. The number of benzene rings is 1. The van der Waals surface area contributed by atoms with Crippen LogP contribution in [0.15, 0.2) is 24.3 Å². The van der Waals surface area contributed by atoms with Crippen molar-refractivity contribution in [2.24, 2.45) is 0 Å². The topological polar surface area (TPSA) is 12.0 Å². The van der Waals surface area contributed by atoms with E-state index in [9.17, 15) is 4.39 Å². The van der Waals surface area contributed by atoms with Crippen molar-refractivity contribution in [3.63, 3.8) is 0 Å². The number of halogens is 3. The van der Waals surface area contributed by atoms with Crippen LogP contribution < -0.4 is 5.32 Å². The van der Waals surface area contributed by atoms with Gasteiger partial charge in [-0.25, -0.2) is 4.39 Å². The molecule has 1 unspecified atom stereocenters. The van der Waals surface area contributed by atoms with E-state index >= 15 is 0 Å². The van der Waals surface area contributed by atoms with Gasteiger partial charge in [-0.2, -0.15) is 0 Å². The largest absolute Gasteiger partial charge is 0.306 e. The molecule has 2 aromatic rings. The maximum Gasteiger partial charge on any atom is 0.142 e. The SMILES string of the molecule is CCNC(c1cc(C)c(Cl)s1)c1cccc(F)c1Cl. The average molecular weight is 318 g/mol. The second-order valence-electron chi connectivity index (χ2n) is 4.24. The Bertz CT molecular complexity index is 563. The van der Waals surface area contributed by atoms with Crippen LogP contribution >= 0.6 is 34.5 Å². The predicted octanol–water partition coefficient (Wildman–Crippen LogP) is 5.20. The zero-order valence-electron chi connectivity index (χ0n) is 10.6. The molecule has 1 nitrogen and oxygen atoms in total. The Labute approximate surface area is 126 Å². The van der Waals surface area contributed by atoms with E-state index in [0.717, 1.165) is 26.9 Å². The minimum Gasteiger partial charge on any atom is -0.306 e. The summed E-state index contributed by atoms with van der Waals surface area (Å²) >= 11 is 13.7. The summed E-state index contributed by atoms with van der Waals surface area (Å²) < 4.78 is 14.4. The highest BCUT2D eigenvalue weighted by Gasteiger charge is 2.20. The summed E-state index contributed by atoms with van der Waals surface area (Å²) in [7, 11) is 0. The standard InChI is InChI=1S/C14H14Cl2FNS/c1-3-18-13(11-7-8(2)14(16)19-11)9-5-4-6-10(17)12(9)15/h4-7,13,18H,3H2,1-2H3. The molecule has 2 rings (SSSR count). The van der Waals surface area contributed by atoms with E-state index in [4.69, 9.17) is 23.2 Å². The van der Waals surface area contributed by atoms with Gasteiger partial charge in [0.25, 0.3) is 0 Å². The minimum atomic E-state index is -0.401. The number of aryl methyl sites for hydroxylation is 1. The van der Waals surface area contributed by atoms with Crippen molar-refractivity contribution >= 4 is 34.5 Å². The van der Waals surface area contributed by atoms with Crippen molar-refractivity contribution in [2.45, 2.75) is 19.9 Å². The van der Waals surface area contributed by atoms with Crippen molar-refractivity contribution in [1.82, 2.24) is 5.32 Å². The lowest BCUT2D eigenvalue weighted by atomic mass is 10.0. The monoisotopic (exact) mass is 317 g/mol. The van der Waals surface area contributed by atoms with E-state index in [1.54, 1.807) is 6.07 Å². The minimum absolute atomic E-state index is 0.135. The van der Waals surface area contributed by atoms with Crippen LogP contribution in [-0.4, -0.2) is 6.54 Å². The van der Waals surface area contributed by atoms with Gasteiger partial charge >= 0.3 is 0 Å². The van der Waals surface area contributed by atoms with Crippen molar-refractivity contribution in [3.05, 3.63) is 55.4 Å². The lowest BCUT2D eigenvalue weighted by molar-refractivity contribution is 0.607. The number of rotatable bonds is 4. The van der Waals surface area contributed by atoms with E-state index in [2.05, 4.69) is 5.32 Å². The van der Waals surface area contributed by atoms with Crippen molar-refractivity contribution in [2.75, 3.05) is 6.54 Å². The van der Waals surface area contributed by atoms with Gasteiger partial charge in [-0.15, -0.1) is 11.3 Å². The number of hydrogen-bond acceptors (Lipinski definition) is 2. The van der Waals surface area contributed by atoms with E-state index in [1.807, 2.05) is 26.0 Å². The van der Waals surface area contributed by atoms with Crippen molar-refractivity contribution in [3.8, 4) is 0 Å². The normalized spacial score (nSPS) is 12.7. The fraction of sp³-hybridized carbons (Fsp3) is 0.286. The molecule has 0 fully saturated rings. The van der Waals surface area contributed by atoms with Gasteiger partial charge in [-0.05, 0) is 36.7 Å². The molecule has 0 radical (unpaired) electrons. The van der Waals surface area contributed by atoms with Crippen LogP contribution in [-0.2, 0) is 0 Å². The Balaban J connectivity index is 2.48. The summed E-state index contributed by atoms with van der Waals surface area (Å²) in [6.45, 7) is 4.72. The highest BCUT2D eigenvalue weighted by molar-refractivity contribution is 7.16. The van der Waals surface area contributed by atoms with Crippen LogP contribution in [0.3, 0.4) is 0 Å². The molecule has 1 heterocycles. The Morgan fingerprint density at radius 1 is 1.37 bits per heavy atom. The number of hydrogen-bond donors (Lipinski definition) is 1. The lowest BCUT2D eigenvalue weighted by Gasteiger charge is -2.18. The molecule has 0 aliphatic carbocycles. The maximum absolute atomic E-state index is 13.6. The van der Waals surface area contributed by atoms with Gasteiger partial charge in [0.15, 0.2) is 0 Å². The smallest absolute Gasteiger partial charge is 0.142 e.